The van der Waals surface area contributed by atoms with Crippen molar-refractivity contribution in [3.8, 4) is 11.1 Å². The zero-order valence-electron chi connectivity index (χ0n) is 10.4. The summed E-state index contributed by atoms with van der Waals surface area (Å²) < 4.78 is 4.83. The topological polar surface area (TPSA) is 69.4 Å². The van der Waals surface area contributed by atoms with Crippen molar-refractivity contribution in [2.24, 2.45) is 5.73 Å². The van der Waals surface area contributed by atoms with E-state index < -0.39 is 18.5 Å². The second-order valence-corrected chi connectivity index (χ2v) is 4.99. The average Bonchev–Trinajstić information content (AvgIpc) is 2.86. The first-order valence-corrected chi connectivity index (χ1v) is 6.56. The number of aryl methyl sites for hydroxylation is 1. The van der Waals surface area contributed by atoms with Crippen LogP contribution in [0.2, 0.25) is 0 Å². The van der Waals surface area contributed by atoms with E-state index in [-0.39, 0.29) is 0 Å². The highest BCUT2D eigenvalue weighted by Crippen LogP contribution is 2.29. The predicted octanol–water partition coefficient (Wildman–Crippen LogP) is 2.37. The lowest BCUT2D eigenvalue weighted by molar-refractivity contribution is -0.121. The van der Waals surface area contributed by atoms with Gasteiger partial charge in [0.1, 0.15) is 4.88 Å². The average molecular weight is 275 g/mol. The molecule has 2 aromatic rings. The lowest BCUT2D eigenvalue weighted by Gasteiger charge is -2.04. The van der Waals surface area contributed by atoms with Gasteiger partial charge >= 0.3 is 5.97 Å². The third-order valence-corrected chi connectivity index (χ3v) is 3.45. The molecule has 0 saturated heterocycles. The second-order valence-electron chi connectivity index (χ2n) is 4.07. The predicted molar refractivity (Wildman–Crippen MR) is 74.0 cm³/mol. The maximum absolute atomic E-state index is 11.9. The van der Waals surface area contributed by atoms with Crippen molar-refractivity contribution in [2.45, 2.75) is 6.92 Å². The number of ether oxygens (including phenoxy) is 1. The van der Waals surface area contributed by atoms with E-state index in [0.29, 0.717) is 4.88 Å². The van der Waals surface area contributed by atoms with Crippen LogP contribution in [-0.4, -0.2) is 18.5 Å². The number of hydrogen-bond acceptors (Lipinski definition) is 4. The minimum Gasteiger partial charge on any atom is -0.451 e. The van der Waals surface area contributed by atoms with Gasteiger partial charge in [-0.05, 0) is 23.9 Å². The third kappa shape index (κ3) is 3.20. The third-order valence-electron chi connectivity index (χ3n) is 2.56. The Labute approximate surface area is 114 Å². The molecule has 0 bridgehead atoms. The monoisotopic (exact) mass is 275 g/mol. The number of carbonyl (C=O) groups excluding carboxylic acids is 2. The first-order valence-electron chi connectivity index (χ1n) is 5.68. The molecule has 5 heteroatoms. The van der Waals surface area contributed by atoms with Gasteiger partial charge in [-0.25, -0.2) is 4.79 Å². The normalized spacial score (nSPS) is 10.2. The number of rotatable bonds is 4. The van der Waals surface area contributed by atoms with Crippen LogP contribution in [0.5, 0.6) is 0 Å². The number of esters is 1. The quantitative estimate of drug-likeness (QED) is 0.871. The molecule has 0 aliphatic heterocycles. The minimum absolute atomic E-state index is 0.399. The molecule has 1 aromatic carbocycles. The lowest BCUT2D eigenvalue weighted by Crippen LogP contribution is -2.20. The summed E-state index contributed by atoms with van der Waals surface area (Å²) in [6.45, 7) is 1.60. The van der Waals surface area contributed by atoms with E-state index in [4.69, 9.17) is 10.5 Å². The van der Waals surface area contributed by atoms with E-state index in [9.17, 15) is 9.59 Å². The molecular weight excluding hydrogens is 262 g/mol. The van der Waals surface area contributed by atoms with E-state index >= 15 is 0 Å². The molecule has 98 valence electrons. The molecule has 19 heavy (non-hydrogen) atoms. The maximum atomic E-state index is 11.9. The number of nitrogens with two attached hydrogens (primary N) is 1. The molecule has 0 aliphatic carbocycles. The molecule has 4 nitrogen and oxygen atoms in total. The molecule has 0 saturated carbocycles. The van der Waals surface area contributed by atoms with Crippen LogP contribution in [0, 0.1) is 6.92 Å². The Balaban J connectivity index is 2.24. The largest absolute Gasteiger partial charge is 0.451 e. The van der Waals surface area contributed by atoms with Crippen LogP contribution in [0.1, 0.15) is 15.2 Å². The lowest BCUT2D eigenvalue weighted by atomic mass is 10.1. The van der Waals surface area contributed by atoms with Gasteiger partial charge in [-0.3, -0.25) is 4.79 Å². The fourth-order valence-corrected chi connectivity index (χ4v) is 2.44. The molecular formula is C14H13NO3S. The molecule has 0 spiro atoms. The first kappa shape index (κ1) is 13.3. The molecule has 2 rings (SSSR count). The van der Waals surface area contributed by atoms with Gasteiger partial charge in [0.05, 0.1) is 0 Å². The number of carbonyl (C=O) groups is 2. The molecule has 1 amide bonds. The van der Waals surface area contributed by atoms with Crippen LogP contribution >= 0.6 is 11.3 Å². The Morgan fingerprint density at radius 1 is 1.21 bits per heavy atom. The van der Waals surface area contributed by atoms with Crippen LogP contribution in [-0.2, 0) is 9.53 Å². The highest BCUT2D eigenvalue weighted by molar-refractivity contribution is 7.12. The number of primary amides is 1. The number of hydrogen-bond donors (Lipinski definition) is 1. The summed E-state index contributed by atoms with van der Waals surface area (Å²) in [6.07, 6.45) is 0. The second kappa shape index (κ2) is 5.67. The van der Waals surface area contributed by atoms with Crippen molar-refractivity contribution in [1.29, 1.82) is 0 Å². The molecule has 0 fully saturated rings. The smallest absolute Gasteiger partial charge is 0.349 e. The Bertz CT molecular complexity index is 601. The van der Waals surface area contributed by atoms with Gasteiger partial charge in [0, 0.05) is 5.56 Å². The van der Waals surface area contributed by atoms with E-state index in [1.165, 1.54) is 11.3 Å². The fraction of sp³-hybridized carbons (Fsp3) is 0.143. The molecule has 1 aromatic heterocycles. The highest BCUT2D eigenvalue weighted by Gasteiger charge is 2.16. The molecule has 1 heterocycles. The molecule has 0 radical (unpaired) electrons. The van der Waals surface area contributed by atoms with E-state index in [1.54, 1.807) is 0 Å². The van der Waals surface area contributed by atoms with Gasteiger partial charge in [0.15, 0.2) is 6.61 Å². The minimum atomic E-state index is -0.665. The van der Waals surface area contributed by atoms with Gasteiger partial charge in [-0.1, -0.05) is 29.8 Å². The number of thiophene rings is 1. The van der Waals surface area contributed by atoms with Crippen molar-refractivity contribution < 1.29 is 14.3 Å². The van der Waals surface area contributed by atoms with E-state index in [1.807, 2.05) is 42.6 Å². The summed E-state index contributed by atoms with van der Waals surface area (Å²) in [6, 6.07) is 9.71. The van der Waals surface area contributed by atoms with Crippen LogP contribution in [0.15, 0.2) is 35.7 Å². The van der Waals surface area contributed by atoms with E-state index in [2.05, 4.69) is 0 Å². The van der Waals surface area contributed by atoms with Gasteiger partial charge < -0.3 is 10.5 Å². The summed E-state index contributed by atoms with van der Waals surface area (Å²) in [4.78, 5) is 22.9. The van der Waals surface area contributed by atoms with Crippen LogP contribution in [0.25, 0.3) is 11.1 Å². The van der Waals surface area contributed by atoms with Crippen molar-refractivity contribution in [2.75, 3.05) is 6.61 Å². The van der Waals surface area contributed by atoms with Crippen molar-refractivity contribution >= 4 is 23.2 Å². The summed E-state index contributed by atoms with van der Waals surface area (Å²) in [5.41, 5.74) is 7.84. The van der Waals surface area contributed by atoms with Crippen LogP contribution < -0.4 is 5.73 Å². The van der Waals surface area contributed by atoms with Crippen molar-refractivity contribution in [3.05, 3.63) is 46.2 Å². The van der Waals surface area contributed by atoms with Crippen LogP contribution in [0.4, 0.5) is 0 Å². The van der Waals surface area contributed by atoms with Gasteiger partial charge in [-0.15, -0.1) is 11.3 Å². The first-order chi connectivity index (χ1) is 9.08. The molecule has 0 unspecified atom stereocenters. The molecule has 2 N–H and O–H groups in total. The molecule has 0 aliphatic rings. The Morgan fingerprint density at radius 3 is 2.53 bits per heavy atom. The standard InChI is InChI=1S/C14H13NO3S/c1-9-2-4-10(5-3-9)11-6-7-19-13(11)14(17)18-8-12(15)16/h2-7H,8H2,1H3,(H2,15,16). The number of benzene rings is 1. The number of amides is 1. The molecule has 0 atom stereocenters. The Hall–Kier alpha value is -2.14. The van der Waals surface area contributed by atoms with Gasteiger partial charge in [-0.2, -0.15) is 0 Å². The fourth-order valence-electron chi connectivity index (χ4n) is 1.63. The highest BCUT2D eigenvalue weighted by atomic mass is 32.1. The summed E-state index contributed by atoms with van der Waals surface area (Å²) in [7, 11) is 0. The van der Waals surface area contributed by atoms with Crippen molar-refractivity contribution in [3.63, 3.8) is 0 Å². The SMILES string of the molecule is Cc1ccc(-c2ccsc2C(=O)OCC(N)=O)cc1. The summed E-state index contributed by atoms with van der Waals surface area (Å²) >= 11 is 1.28. The maximum Gasteiger partial charge on any atom is 0.349 e. The summed E-state index contributed by atoms with van der Waals surface area (Å²) in [5.74, 6) is -1.19. The van der Waals surface area contributed by atoms with Gasteiger partial charge in [0.2, 0.25) is 0 Å². The van der Waals surface area contributed by atoms with Gasteiger partial charge in [0.25, 0.3) is 5.91 Å². The summed E-state index contributed by atoms with van der Waals surface area (Å²) in [5, 5.41) is 1.82. The Kier molecular flexibility index (Phi) is 3.97. The van der Waals surface area contributed by atoms with E-state index in [0.717, 1.165) is 16.7 Å². The zero-order chi connectivity index (χ0) is 13.8. The van der Waals surface area contributed by atoms with Crippen LogP contribution in [0.3, 0.4) is 0 Å². The van der Waals surface area contributed by atoms with Crippen molar-refractivity contribution in [1.82, 2.24) is 0 Å². The zero-order valence-corrected chi connectivity index (χ0v) is 11.2. The Morgan fingerprint density at radius 2 is 1.89 bits per heavy atom.